The molecule has 1 nitrogen and oxygen atoms in total. The third-order valence-electron chi connectivity index (χ3n) is 4.15. The van der Waals surface area contributed by atoms with E-state index in [-0.39, 0.29) is 0 Å². The Kier molecular flexibility index (Phi) is 4.23. The number of rotatable bonds is 4. The molecule has 0 aromatic heterocycles. The first-order chi connectivity index (χ1) is 9.76. The highest BCUT2D eigenvalue weighted by Gasteiger charge is 2.23. The Balaban J connectivity index is 1.71. The fourth-order valence-electron chi connectivity index (χ4n) is 3.13. The Morgan fingerprint density at radius 1 is 1.10 bits per heavy atom. The molecule has 1 atom stereocenters. The van der Waals surface area contributed by atoms with Crippen LogP contribution >= 0.6 is 15.9 Å². The first-order valence-corrected chi connectivity index (χ1v) is 8.14. The molecule has 2 aromatic rings. The van der Waals surface area contributed by atoms with Gasteiger partial charge < -0.3 is 5.32 Å². The van der Waals surface area contributed by atoms with E-state index in [2.05, 4.69) is 76.7 Å². The van der Waals surface area contributed by atoms with Crippen molar-refractivity contribution >= 4 is 15.9 Å². The minimum absolute atomic E-state index is 0.437. The van der Waals surface area contributed by atoms with Crippen LogP contribution < -0.4 is 5.32 Å². The minimum atomic E-state index is 0.437. The summed E-state index contributed by atoms with van der Waals surface area (Å²) in [4.78, 5) is 0. The van der Waals surface area contributed by atoms with Crippen LogP contribution in [0.1, 0.15) is 36.1 Å². The molecule has 0 saturated carbocycles. The molecule has 1 unspecified atom stereocenters. The maximum absolute atomic E-state index is 3.84. The van der Waals surface area contributed by atoms with Crippen LogP contribution in [0.5, 0.6) is 0 Å². The van der Waals surface area contributed by atoms with Crippen molar-refractivity contribution in [3.05, 3.63) is 69.7 Å². The Morgan fingerprint density at radius 2 is 1.80 bits per heavy atom. The molecule has 0 aliphatic heterocycles. The molecule has 2 heteroatoms. The topological polar surface area (TPSA) is 12.0 Å². The highest BCUT2D eigenvalue weighted by Crippen LogP contribution is 2.26. The van der Waals surface area contributed by atoms with Gasteiger partial charge in [0.1, 0.15) is 0 Å². The lowest BCUT2D eigenvalue weighted by Gasteiger charge is -2.22. The van der Waals surface area contributed by atoms with Gasteiger partial charge in [-0.3, -0.25) is 0 Å². The fourth-order valence-corrected chi connectivity index (χ4v) is 3.55. The molecule has 0 fully saturated rings. The quantitative estimate of drug-likeness (QED) is 0.860. The van der Waals surface area contributed by atoms with Gasteiger partial charge in [0.25, 0.3) is 0 Å². The van der Waals surface area contributed by atoms with Gasteiger partial charge in [0.05, 0.1) is 0 Å². The van der Waals surface area contributed by atoms with E-state index in [0.717, 1.165) is 23.7 Å². The van der Waals surface area contributed by atoms with Gasteiger partial charge in [-0.1, -0.05) is 59.3 Å². The zero-order chi connectivity index (χ0) is 13.9. The molecule has 3 rings (SSSR count). The average Bonchev–Trinajstić information content (AvgIpc) is 2.87. The first-order valence-electron chi connectivity index (χ1n) is 7.34. The predicted molar refractivity (Wildman–Crippen MR) is 87.9 cm³/mol. The fraction of sp³-hybridized carbons (Fsp3) is 0.333. The molecule has 1 aliphatic carbocycles. The van der Waals surface area contributed by atoms with Crippen molar-refractivity contribution in [2.45, 2.75) is 38.3 Å². The van der Waals surface area contributed by atoms with Gasteiger partial charge in [0.15, 0.2) is 0 Å². The number of benzene rings is 2. The molecule has 0 spiro atoms. The van der Waals surface area contributed by atoms with Gasteiger partial charge in [-0.25, -0.2) is 0 Å². The van der Waals surface area contributed by atoms with Crippen LogP contribution in [0, 0.1) is 0 Å². The standard InChI is InChI=1S/C18H20BrN/c1-2-18(15-8-5-9-16(19)10-15)20-17-11-13-6-3-4-7-14(13)12-17/h3-10,17-18,20H,2,11-12H2,1H3. The summed E-state index contributed by atoms with van der Waals surface area (Å²) in [6.07, 6.45) is 3.42. The maximum atomic E-state index is 3.84. The summed E-state index contributed by atoms with van der Waals surface area (Å²) >= 11 is 3.57. The van der Waals surface area contributed by atoms with Crippen molar-refractivity contribution in [3.8, 4) is 0 Å². The SMILES string of the molecule is CCC(NC1Cc2ccccc2C1)c1cccc(Br)c1. The zero-order valence-corrected chi connectivity index (χ0v) is 13.4. The Morgan fingerprint density at radius 3 is 2.40 bits per heavy atom. The van der Waals surface area contributed by atoms with Crippen LogP contribution in [-0.2, 0) is 12.8 Å². The summed E-state index contributed by atoms with van der Waals surface area (Å²) < 4.78 is 1.16. The molecule has 1 aliphatic rings. The zero-order valence-electron chi connectivity index (χ0n) is 11.8. The third-order valence-corrected chi connectivity index (χ3v) is 4.64. The van der Waals surface area contributed by atoms with E-state index in [9.17, 15) is 0 Å². The van der Waals surface area contributed by atoms with E-state index in [0.29, 0.717) is 12.1 Å². The summed E-state index contributed by atoms with van der Waals surface area (Å²) in [5.41, 5.74) is 4.39. The van der Waals surface area contributed by atoms with Crippen molar-refractivity contribution in [1.82, 2.24) is 5.32 Å². The second-order valence-electron chi connectivity index (χ2n) is 5.56. The van der Waals surface area contributed by atoms with E-state index in [1.807, 2.05) is 0 Å². The van der Waals surface area contributed by atoms with Crippen molar-refractivity contribution in [2.75, 3.05) is 0 Å². The van der Waals surface area contributed by atoms with Crippen molar-refractivity contribution < 1.29 is 0 Å². The van der Waals surface area contributed by atoms with E-state index < -0.39 is 0 Å². The lowest BCUT2D eigenvalue weighted by Crippen LogP contribution is -2.33. The minimum Gasteiger partial charge on any atom is -0.307 e. The molecule has 0 saturated heterocycles. The third kappa shape index (κ3) is 2.97. The van der Waals surface area contributed by atoms with Gasteiger partial charge in [-0.15, -0.1) is 0 Å². The van der Waals surface area contributed by atoms with Gasteiger partial charge in [0, 0.05) is 16.6 Å². The summed E-state index contributed by atoms with van der Waals surface area (Å²) in [5, 5.41) is 3.84. The Hall–Kier alpha value is -1.12. The maximum Gasteiger partial charge on any atom is 0.0320 e. The monoisotopic (exact) mass is 329 g/mol. The normalized spacial score (nSPS) is 16.1. The summed E-state index contributed by atoms with van der Waals surface area (Å²) in [5.74, 6) is 0. The van der Waals surface area contributed by atoms with Crippen LogP contribution in [0.15, 0.2) is 53.0 Å². The molecule has 104 valence electrons. The van der Waals surface area contributed by atoms with Gasteiger partial charge in [0.2, 0.25) is 0 Å². The summed E-state index contributed by atoms with van der Waals surface area (Å²) in [7, 11) is 0. The molecule has 0 amide bonds. The molecule has 2 aromatic carbocycles. The van der Waals surface area contributed by atoms with Crippen molar-refractivity contribution in [1.29, 1.82) is 0 Å². The lowest BCUT2D eigenvalue weighted by atomic mass is 10.0. The second-order valence-corrected chi connectivity index (χ2v) is 6.47. The molecule has 0 heterocycles. The number of hydrogen-bond donors (Lipinski definition) is 1. The number of halogens is 1. The van der Waals surface area contributed by atoms with Gasteiger partial charge >= 0.3 is 0 Å². The first kappa shape index (κ1) is 13.8. The van der Waals surface area contributed by atoms with Gasteiger partial charge in [-0.2, -0.15) is 0 Å². The number of fused-ring (bicyclic) bond motifs is 1. The van der Waals surface area contributed by atoms with Crippen LogP contribution in [0.3, 0.4) is 0 Å². The highest BCUT2D eigenvalue weighted by atomic mass is 79.9. The largest absolute Gasteiger partial charge is 0.307 e. The van der Waals surface area contributed by atoms with Crippen molar-refractivity contribution in [3.63, 3.8) is 0 Å². The van der Waals surface area contributed by atoms with Crippen LogP contribution in [0.2, 0.25) is 0 Å². The van der Waals surface area contributed by atoms with E-state index in [4.69, 9.17) is 0 Å². The van der Waals surface area contributed by atoms with Crippen LogP contribution in [0.25, 0.3) is 0 Å². The molecule has 20 heavy (non-hydrogen) atoms. The Bertz CT molecular complexity index is 568. The van der Waals surface area contributed by atoms with Crippen LogP contribution in [0.4, 0.5) is 0 Å². The number of hydrogen-bond acceptors (Lipinski definition) is 1. The molecular weight excluding hydrogens is 310 g/mol. The van der Waals surface area contributed by atoms with E-state index in [1.54, 1.807) is 0 Å². The van der Waals surface area contributed by atoms with Crippen molar-refractivity contribution in [2.24, 2.45) is 0 Å². The summed E-state index contributed by atoms with van der Waals surface area (Å²) in [6, 6.07) is 18.5. The number of nitrogens with one attached hydrogen (secondary N) is 1. The van der Waals surface area contributed by atoms with E-state index in [1.165, 1.54) is 16.7 Å². The molecule has 1 N–H and O–H groups in total. The van der Waals surface area contributed by atoms with E-state index >= 15 is 0 Å². The second kappa shape index (κ2) is 6.11. The molecule has 0 bridgehead atoms. The molecular formula is C18H20BrN. The predicted octanol–water partition coefficient (Wildman–Crippen LogP) is 4.66. The van der Waals surface area contributed by atoms with Crippen LogP contribution in [-0.4, -0.2) is 6.04 Å². The lowest BCUT2D eigenvalue weighted by molar-refractivity contribution is 0.435. The summed E-state index contributed by atoms with van der Waals surface area (Å²) in [6.45, 7) is 2.25. The van der Waals surface area contributed by atoms with Gasteiger partial charge in [-0.05, 0) is 48.1 Å². The molecule has 0 radical (unpaired) electrons. The Labute approximate surface area is 129 Å². The smallest absolute Gasteiger partial charge is 0.0320 e. The average molecular weight is 330 g/mol. The highest BCUT2D eigenvalue weighted by molar-refractivity contribution is 9.10.